The van der Waals surface area contributed by atoms with Crippen molar-refractivity contribution in [3.8, 4) is 0 Å². The van der Waals surface area contributed by atoms with Crippen LogP contribution in [0.5, 0.6) is 0 Å². The van der Waals surface area contributed by atoms with E-state index in [2.05, 4.69) is 35.2 Å². The fourth-order valence-electron chi connectivity index (χ4n) is 1.15. The Hall–Kier alpha value is -0.470. The lowest BCUT2D eigenvalue weighted by Gasteiger charge is -2.29. The average molecular weight is 165 g/mol. The quantitative estimate of drug-likeness (QED) is 0.660. The van der Waals surface area contributed by atoms with Crippen LogP contribution in [0.1, 0.15) is 5.56 Å². The van der Waals surface area contributed by atoms with Gasteiger partial charge in [0.25, 0.3) is 0 Å². The molecule has 2 rings (SSSR count). The molecule has 0 bridgehead atoms. The molecule has 58 valence electrons. The maximum absolute atomic E-state index is 2.43. The van der Waals surface area contributed by atoms with E-state index in [1.165, 1.54) is 17.3 Å². The van der Waals surface area contributed by atoms with Crippen molar-refractivity contribution in [3.63, 3.8) is 0 Å². The fourth-order valence-corrected chi connectivity index (χ4v) is 1.78. The molecular formula is C9H11NS. The molecule has 1 aliphatic heterocycles. The fraction of sp³-hybridized carbons (Fsp3) is 0.333. The number of hydrogen-bond acceptors (Lipinski definition) is 2. The highest BCUT2D eigenvalue weighted by atomic mass is 32.2. The highest BCUT2D eigenvalue weighted by Crippen LogP contribution is 2.20. The monoisotopic (exact) mass is 165 g/mol. The largest absolute Gasteiger partial charge is 0.281 e. The molecule has 0 N–H and O–H groups in total. The van der Waals surface area contributed by atoms with E-state index in [0.717, 1.165) is 6.54 Å². The highest BCUT2D eigenvalue weighted by Gasteiger charge is 2.13. The first-order valence-electron chi connectivity index (χ1n) is 3.79. The van der Waals surface area contributed by atoms with Gasteiger partial charge in [0.15, 0.2) is 0 Å². The van der Waals surface area contributed by atoms with Gasteiger partial charge in [-0.25, -0.2) is 0 Å². The first-order chi connectivity index (χ1) is 5.45. The maximum atomic E-state index is 2.43. The molecule has 1 heterocycles. The van der Waals surface area contributed by atoms with E-state index in [0.29, 0.717) is 0 Å². The zero-order valence-corrected chi connectivity index (χ0v) is 7.18. The van der Waals surface area contributed by atoms with E-state index in [4.69, 9.17) is 0 Å². The lowest BCUT2D eigenvalue weighted by atomic mass is 10.2. The van der Waals surface area contributed by atoms with E-state index in [-0.39, 0.29) is 0 Å². The maximum Gasteiger partial charge on any atom is 0.0469 e. The Labute approximate surface area is 71.4 Å². The van der Waals surface area contributed by atoms with Crippen LogP contribution in [0.2, 0.25) is 0 Å². The molecular weight excluding hydrogens is 154 g/mol. The van der Waals surface area contributed by atoms with E-state index in [1.807, 2.05) is 11.8 Å². The lowest BCUT2D eigenvalue weighted by molar-refractivity contribution is 0.341. The van der Waals surface area contributed by atoms with Gasteiger partial charge in [0.2, 0.25) is 0 Å². The van der Waals surface area contributed by atoms with Crippen LogP contribution in [0.3, 0.4) is 0 Å². The topological polar surface area (TPSA) is 3.24 Å². The molecule has 0 spiro atoms. The van der Waals surface area contributed by atoms with Crippen molar-refractivity contribution in [2.75, 3.05) is 11.8 Å². The molecule has 1 fully saturated rings. The first kappa shape index (κ1) is 7.19. The molecule has 1 aromatic rings. The molecule has 1 aliphatic rings. The van der Waals surface area contributed by atoms with Crippen LogP contribution in [0, 0.1) is 0 Å². The normalized spacial score (nSPS) is 17.8. The summed E-state index contributed by atoms with van der Waals surface area (Å²) in [6, 6.07) is 10.6. The molecule has 1 saturated heterocycles. The van der Waals surface area contributed by atoms with E-state index in [9.17, 15) is 0 Å². The molecule has 0 aromatic heterocycles. The van der Waals surface area contributed by atoms with Crippen molar-refractivity contribution in [3.05, 3.63) is 35.9 Å². The van der Waals surface area contributed by atoms with Crippen molar-refractivity contribution in [2.45, 2.75) is 6.54 Å². The van der Waals surface area contributed by atoms with Gasteiger partial charge in [-0.3, -0.25) is 4.90 Å². The molecule has 0 saturated carbocycles. The third kappa shape index (κ3) is 1.76. The Balaban J connectivity index is 1.95. The van der Waals surface area contributed by atoms with Gasteiger partial charge >= 0.3 is 0 Å². The number of hydrogen-bond donors (Lipinski definition) is 0. The van der Waals surface area contributed by atoms with Crippen molar-refractivity contribution >= 4 is 11.8 Å². The highest BCUT2D eigenvalue weighted by molar-refractivity contribution is 8.00. The van der Waals surface area contributed by atoms with E-state index in [1.54, 1.807) is 0 Å². The smallest absolute Gasteiger partial charge is 0.0469 e. The van der Waals surface area contributed by atoms with Crippen LogP contribution < -0.4 is 0 Å². The summed E-state index contributed by atoms with van der Waals surface area (Å²) in [6.45, 7) is 1.12. The summed E-state index contributed by atoms with van der Waals surface area (Å²) in [5, 5.41) is 0. The van der Waals surface area contributed by atoms with Gasteiger partial charge < -0.3 is 0 Å². The van der Waals surface area contributed by atoms with Gasteiger partial charge in [0, 0.05) is 18.3 Å². The Morgan fingerprint density at radius 3 is 2.45 bits per heavy atom. The Morgan fingerprint density at radius 2 is 1.91 bits per heavy atom. The number of rotatable bonds is 2. The summed E-state index contributed by atoms with van der Waals surface area (Å²) in [7, 11) is 0. The molecule has 0 aliphatic carbocycles. The second-order valence-electron chi connectivity index (χ2n) is 2.78. The zero-order chi connectivity index (χ0) is 7.52. The zero-order valence-electron chi connectivity index (χ0n) is 6.36. The van der Waals surface area contributed by atoms with Crippen molar-refractivity contribution < 1.29 is 0 Å². The van der Waals surface area contributed by atoms with Crippen molar-refractivity contribution in [2.24, 2.45) is 0 Å². The van der Waals surface area contributed by atoms with E-state index < -0.39 is 0 Å². The summed E-state index contributed by atoms with van der Waals surface area (Å²) in [5.74, 6) is 2.41. The number of thioether (sulfide) groups is 1. The molecule has 0 atom stereocenters. The third-order valence-corrected chi connectivity index (χ3v) is 2.89. The lowest BCUT2D eigenvalue weighted by Crippen LogP contribution is -2.31. The second kappa shape index (κ2) is 3.28. The minimum atomic E-state index is 1.12. The Kier molecular flexibility index (Phi) is 2.15. The molecule has 2 heteroatoms. The van der Waals surface area contributed by atoms with Crippen molar-refractivity contribution in [1.82, 2.24) is 4.90 Å². The molecule has 11 heavy (non-hydrogen) atoms. The van der Waals surface area contributed by atoms with Crippen LogP contribution in [0.4, 0.5) is 0 Å². The molecule has 0 unspecified atom stereocenters. The van der Waals surface area contributed by atoms with Gasteiger partial charge in [-0.15, -0.1) is 11.8 Å². The van der Waals surface area contributed by atoms with E-state index >= 15 is 0 Å². The minimum absolute atomic E-state index is 1.12. The SMILES string of the molecule is c1ccc(CN2CSC2)cc1. The molecule has 1 aromatic carbocycles. The van der Waals surface area contributed by atoms with Crippen molar-refractivity contribution in [1.29, 1.82) is 0 Å². The summed E-state index contributed by atoms with van der Waals surface area (Å²) in [4.78, 5) is 2.43. The Morgan fingerprint density at radius 1 is 1.18 bits per heavy atom. The summed E-state index contributed by atoms with van der Waals surface area (Å²) in [6.07, 6.45) is 0. The minimum Gasteiger partial charge on any atom is -0.281 e. The summed E-state index contributed by atoms with van der Waals surface area (Å²) < 4.78 is 0. The summed E-state index contributed by atoms with van der Waals surface area (Å²) in [5.41, 5.74) is 1.42. The van der Waals surface area contributed by atoms with Crippen LogP contribution in [-0.2, 0) is 6.54 Å². The molecule has 1 nitrogen and oxygen atoms in total. The standard InChI is InChI=1S/C9H11NS/c1-2-4-9(5-3-1)6-10-7-11-8-10/h1-5H,6-8H2. The predicted molar refractivity (Wildman–Crippen MR) is 49.3 cm³/mol. The Bertz CT molecular complexity index is 218. The van der Waals surface area contributed by atoms with Crippen LogP contribution >= 0.6 is 11.8 Å². The number of benzene rings is 1. The molecule has 0 radical (unpaired) electrons. The summed E-state index contributed by atoms with van der Waals surface area (Å²) >= 11 is 1.99. The number of nitrogens with zero attached hydrogens (tertiary/aromatic N) is 1. The average Bonchev–Trinajstić information content (AvgIpc) is 1.99. The second-order valence-corrected chi connectivity index (χ2v) is 3.70. The van der Waals surface area contributed by atoms with Gasteiger partial charge in [-0.2, -0.15) is 0 Å². The third-order valence-electron chi connectivity index (χ3n) is 1.80. The van der Waals surface area contributed by atoms with Gasteiger partial charge in [-0.1, -0.05) is 30.3 Å². The van der Waals surface area contributed by atoms with Crippen LogP contribution in [0.15, 0.2) is 30.3 Å². The van der Waals surface area contributed by atoms with Gasteiger partial charge in [0.1, 0.15) is 0 Å². The van der Waals surface area contributed by atoms with Crippen LogP contribution in [0.25, 0.3) is 0 Å². The van der Waals surface area contributed by atoms with Gasteiger partial charge in [0.05, 0.1) is 0 Å². The first-order valence-corrected chi connectivity index (χ1v) is 4.94. The predicted octanol–water partition coefficient (Wildman–Crippen LogP) is 2.15. The van der Waals surface area contributed by atoms with Crippen LogP contribution in [-0.4, -0.2) is 16.7 Å². The molecule has 0 amide bonds. The van der Waals surface area contributed by atoms with Gasteiger partial charge in [-0.05, 0) is 5.56 Å².